The van der Waals surface area contributed by atoms with Crippen molar-refractivity contribution >= 4 is 29.1 Å². The van der Waals surface area contributed by atoms with Gasteiger partial charge in [0.15, 0.2) is 0 Å². The molecule has 1 saturated heterocycles. The Morgan fingerprint density at radius 1 is 1.37 bits per heavy atom. The van der Waals surface area contributed by atoms with Crippen molar-refractivity contribution in [2.75, 3.05) is 6.54 Å². The number of halogens is 2. The monoisotopic (exact) mass is 300 g/mol. The van der Waals surface area contributed by atoms with Crippen LogP contribution in [0.15, 0.2) is 18.2 Å². The van der Waals surface area contributed by atoms with Crippen LogP contribution in [0.25, 0.3) is 0 Å². The summed E-state index contributed by atoms with van der Waals surface area (Å²) in [7, 11) is 0. The van der Waals surface area contributed by atoms with E-state index in [1.54, 1.807) is 12.1 Å². The summed E-state index contributed by atoms with van der Waals surface area (Å²) in [6, 6.07) is 5.15. The molecule has 104 valence electrons. The van der Waals surface area contributed by atoms with Gasteiger partial charge < -0.3 is 10.6 Å². The van der Waals surface area contributed by atoms with Gasteiger partial charge in [0.1, 0.15) is 0 Å². The smallest absolute Gasteiger partial charge is 0.224 e. The van der Waals surface area contributed by atoms with Crippen LogP contribution in [-0.4, -0.2) is 23.4 Å². The molecule has 1 aliphatic heterocycles. The highest BCUT2D eigenvalue weighted by molar-refractivity contribution is 6.42. The number of likely N-dealkylation sites (tertiary alicyclic amines) is 1. The number of benzene rings is 1. The van der Waals surface area contributed by atoms with Gasteiger partial charge in [0.25, 0.3) is 0 Å². The quantitative estimate of drug-likeness (QED) is 0.931. The van der Waals surface area contributed by atoms with E-state index in [9.17, 15) is 4.79 Å². The Kier molecular flexibility index (Phi) is 4.39. The summed E-state index contributed by atoms with van der Waals surface area (Å²) in [5, 5.41) is 1.01. The number of amides is 1. The van der Waals surface area contributed by atoms with Gasteiger partial charge in [-0.3, -0.25) is 4.79 Å². The Bertz CT molecular complexity index is 490. The number of carbonyl (C=O) groups is 1. The SMILES string of the molecule is CC(C)CN1C(=O)CC(N)C1c1ccc(Cl)c(Cl)c1. The van der Waals surface area contributed by atoms with Gasteiger partial charge >= 0.3 is 0 Å². The van der Waals surface area contributed by atoms with Gasteiger partial charge in [-0.2, -0.15) is 0 Å². The number of hydrogen-bond donors (Lipinski definition) is 1. The molecule has 0 aromatic heterocycles. The minimum atomic E-state index is -0.191. The standard InChI is InChI=1S/C14H18Cl2N2O/c1-8(2)7-18-13(19)6-12(17)14(18)9-3-4-10(15)11(16)5-9/h3-5,8,12,14H,6-7,17H2,1-2H3. The van der Waals surface area contributed by atoms with Crippen LogP contribution in [0.5, 0.6) is 0 Å². The first kappa shape index (κ1) is 14.6. The van der Waals surface area contributed by atoms with Gasteiger partial charge in [0.2, 0.25) is 5.91 Å². The first-order valence-corrected chi connectivity index (χ1v) is 7.15. The second-order valence-electron chi connectivity index (χ2n) is 5.43. The Hall–Kier alpha value is -0.770. The predicted molar refractivity (Wildman–Crippen MR) is 78.3 cm³/mol. The van der Waals surface area contributed by atoms with E-state index in [1.165, 1.54) is 0 Å². The van der Waals surface area contributed by atoms with Gasteiger partial charge in [-0.05, 0) is 23.6 Å². The van der Waals surface area contributed by atoms with Crippen LogP contribution in [-0.2, 0) is 4.79 Å². The molecular weight excluding hydrogens is 283 g/mol. The normalized spacial score (nSPS) is 23.5. The van der Waals surface area contributed by atoms with Crippen LogP contribution in [0.4, 0.5) is 0 Å². The van der Waals surface area contributed by atoms with Crippen molar-refractivity contribution in [2.45, 2.75) is 32.4 Å². The zero-order chi connectivity index (χ0) is 14.2. The topological polar surface area (TPSA) is 46.3 Å². The molecule has 0 radical (unpaired) electrons. The Morgan fingerprint density at radius 2 is 2.05 bits per heavy atom. The highest BCUT2D eigenvalue weighted by Gasteiger charge is 2.38. The molecule has 1 amide bonds. The van der Waals surface area contributed by atoms with E-state index >= 15 is 0 Å². The molecule has 5 heteroatoms. The lowest BCUT2D eigenvalue weighted by Crippen LogP contribution is -2.35. The highest BCUT2D eigenvalue weighted by atomic mass is 35.5. The van der Waals surface area contributed by atoms with E-state index in [1.807, 2.05) is 11.0 Å². The Balaban J connectivity index is 2.33. The van der Waals surface area contributed by atoms with Crippen LogP contribution in [0.1, 0.15) is 31.9 Å². The third-order valence-electron chi connectivity index (χ3n) is 3.32. The molecule has 19 heavy (non-hydrogen) atoms. The maximum atomic E-state index is 12.0. The van der Waals surface area contributed by atoms with Crippen LogP contribution in [0, 0.1) is 5.92 Å². The first-order valence-electron chi connectivity index (χ1n) is 6.40. The van der Waals surface area contributed by atoms with Crippen molar-refractivity contribution in [3.8, 4) is 0 Å². The van der Waals surface area contributed by atoms with Crippen LogP contribution < -0.4 is 5.73 Å². The number of hydrogen-bond acceptors (Lipinski definition) is 2. The molecule has 2 atom stereocenters. The fourth-order valence-corrected chi connectivity index (χ4v) is 2.86. The molecule has 1 heterocycles. The Labute approximate surface area is 123 Å². The number of nitrogens with zero attached hydrogens (tertiary/aromatic N) is 1. The molecule has 0 aliphatic carbocycles. The maximum absolute atomic E-state index is 12.0. The lowest BCUT2D eigenvalue weighted by Gasteiger charge is -2.29. The van der Waals surface area contributed by atoms with Gasteiger partial charge in [-0.15, -0.1) is 0 Å². The molecule has 2 unspecified atom stereocenters. The molecule has 0 spiro atoms. The fourth-order valence-electron chi connectivity index (χ4n) is 2.55. The van der Waals surface area contributed by atoms with Crippen molar-refractivity contribution in [1.82, 2.24) is 4.90 Å². The van der Waals surface area contributed by atoms with Crippen molar-refractivity contribution in [3.05, 3.63) is 33.8 Å². The molecule has 1 aliphatic rings. The molecular formula is C14H18Cl2N2O. The summed E-state index contributed by atoms with van der Waals surface area (Å²) in [5.41, 5.74) is 7.07. The predicted octanol–water partition coefficient (Wildman–Crippen LogP) is 3.25. The summed E-state index contributed by atoms with van der Waals surface area (Å²) in [6.07, 6.45) is 0.387. The molecule has 0 bridgehead atoms. The van der Waals surface area contributed by atoms with Gasteiger partial charge in [0, 0.05) is 19.0 Å². The van der Waals surface area contributed by atoms with E-state index in [0.717, 1.165) is 5.56 Å². The summed E-state index contributed by atoms with van der Waals surface area (Å²) < 4.78 is 0. The minimum Gasteiger partial charge on any atom is -0.334 e. The van der Waals surface area contributed by atoms with Crippen LogP contribution >= 0.6 is 23.2 Å². The van der Waals surface area contributed by atoms with Crippen molar-refractivity contribution in [3.63, 3.8) is 0 Å². The first-order chi connectivity index (χ1) is 8.90. The van der Waals surface area contributed by atoms with E-state index in [2.05, 4.69) is 13.8 Å². The molecule has 1 aromatic carbocycles. The largest absolute Gasteiger partial charge is 0.334 e. The molecule has 1 aromatic rings. The third kappa shape index (κ3) is 3.04. The summed E-state index contributed by atoms with van der Waals surface area (Å²) in [6.45, 7) is 4.88. The minimum absolute atomic E-state index is 0.107. The second kappa shape index (κ2) is 5.70. The van der Waals surface area contributed by atoms with Gasteiger partial charge in [0.05, 0.1) is 16.1 Å². The number of nitrogens with two attached hydrogens (primary N) is 1. The highest BCUT2D eigenvalue weighted by Crippen LogP contribution is 2.35. The van der Waals surface area contributed by atoms with Gasteiger partial charge in [-0.1, -0.05) is 43.1 Å². The fraction of sp³-hybridized carbons (Fsp3) is 0.500. The lowest BCUT2D eigenvalue weighted by molar-refractivity contribution is -0.129. The molecule has 1 fully saturated rings. The average molecular weight is 301 g/mol. The van der Waals surface area contributed by atoms with E-state index in [4.69, 9.17) is 28.9 Å². The van der Waals surface area contributed by atoms with Crippen molar-refractivity contribution < 1.29 is 4.79 Å². The molecule has 0 saturated carbocycles. The van der Waals surface area contributed by atoms with Gasteiger partial charge in [-0.25, -0.2) is 0 Å². The maximum Gasteiger partial charge on any atom is 0.224 e. The third-order valence-corrected chi connectivity index (χ3v) is 4.06. The van der Waals surface area contributed by atoms with Crippen molar-refractivity contribution in [1.29, 1.82) is 0 Å². The lowest BCUT2D eigenvalue weighted by atomic mass is 10.0. The van der Waals surface area contributed by atoms with E-state index < -0.39 is 0 Å². The number of carbonyl (C=O) groups excluding carboxylic acids is 1. The number of rotatable bonds is 3. The van der Waals surface area contributed by atoms with Crippen LogP contribution in [0.3, 0.4) is 0 Å². The molecule has 2 N–H and O–H groups in total. The zero-order valence-corrected chi connectivity index (χ0v) is 12.6. The molecule has 2 rings (SSSR count). The summed E-state index contributed by atoms with van der Waals surface area (Å²) in [4.78, 5) is 13.9. The zero-order valence-electron chi connectivity index (χ0n) is 11.1. The average Bonchev–Trinajstić information content (AvgIpc) is 2.57. The summed E-state index contributed by atoms with van der Waals surface area (Å²) >= 11 is 12.0. The van der Waals surface area contributed by atoms with Crippen LogP contribution in [0.2, 0.25) is 10.0 Å². The molecule has 3 nitrogen and oxygen atoms in total. The Morgan fingerprint density at radius 3 is 2.63 bits per heavy atom. The summed E-state index contributed by atoms with van der Waals surface area (Å²) in [5.74, 6) is 0.511. The van der Waals surface area contributed by atoms with Crippen molar-refractivity contribution in [2.24, 2.45) is 11.7 Å². The van der Waals surface area contributed by atoms with E-state index in [0.29, 0.717) is 28.9 Å². The van der Waals surface area contributed by atoms with E-state index in [-0.39, 0.29) is 18.0 Å². The second-order valence-corrected chi connectivity index (χ2v) is 6.24.